The Morgan fingerprint density at radius 1 is 0.613 bits per heavy atom. The molecule has 0 fully saturated rings. The quantitative estimate of drug-likeness (QED) is 0.297. The summed E-state index contributed by atoms with van der Waals surface area (Å²) in [5.74, 6) is 0. The minimum Gasteiger partial charge on any atom is -0.147 e. The van der Waals surface area contributed by atoms with Crippen molar-refractivity contribution in [1.29, 1.82) is 0 Å². The smallest absolute Gasteiger partial charge is 0.147 e. The largest absolute Gasteiger partial charge is 0.147 e. The Balaban J connectivity index is 0.00000136. The summed E-state index contributed by atoms with van der Waals surface area (Å²) in [6.07, 6.45) is 4.94. The van der Waals surface area contributed by atoms with Gasteiger partial charge in [-0.1, -0.05) is 0 Å². The van der Waals surface area contributed by atoms with Crippen LogP contribution in [0.5, 0.6) is 0 Å². The second-order valence-electron chi connectivity index (χ2n) is 9.49. The third-order valence-electron chi connectivity index (χ3n) is 7.50. The zero-order valence-corrected chi connectivity index (χ0v) is 25.4. The average Bonchev–Trinajstić information content (AvgIpc) is 3.25. The molecule has 0 spiro atoms. The minimum absolute atomic E-state index is 0. The van der Waals surface area contributed by atoms with Crippen LogP contribution in [0, 0.1) is 0 Å². The van der Waals surface area contributed by atoms with E-state index in [2.05, 4.69) is 109 Å². The number of hydrogen-bond donors (Lipinski definition) is 0. The van der Waals surface area contributed by atoms with Gasteiger partial charge in [-0.15, -0.1) is 24.8 Å². The summed E-state index contributed by atoms with van der Waals surface area (Å²) in [5, 5.41) is 0. The topological polar surface area (TPSA) is 0 Å². The van der Waals surface area contributed by atoms with Crippen molar-refractivity contribution in [2.75, 3.05) is 0 Å². The van der Waals surface area contributed by atoms with Gasteiger partial charge in [0.05, 0.1) is 0 Å². The zero-order valence-electron chi connectivity index (χ0n) is 18.3. The van der Waals surface area contributed by atoms with Crippen molar-refractivity contribution in [2.24, 2.45) is 0 Å². The van der Waals surface area contributed by atoms with Crippen LogP contribution in [0.15, 0.2) is 90.0 Å². The van der Waals surface area contributed by atoms with E-state index in [0.29, 0.717) is 7.25 Å². The fourth-order valence-electron chi connectivity index (χ4n) is 6.51. The maximum absolute atomic E-state index is 3.62. The molecule has 0 bridgehead atoms. The van der Waals surface area contributed by atoms with E-state index in [1.165, 1.54) is 23.3 Å². The summed E-state index contributed by atoms with van der Waals surface area (Å²) >= 11 is -2.23. The molecule has 4 heteroatoms. The summed E-state index contributed by atoms with van der Waals surface area (Å²) in [4.78, 5) is 0. The van der Waals surface area contributed by atoms with E-state index < -0.39 is 15.7 Å². The van der Waals surface area contributed by atoms with E-state index in [1.807, 2.05) is 0 Å². The maximum atomic E-state index is 2.77. The van der Waals surface area contributed by atoms with Crippen molar-refractivity contribution >= 4 is 52.4 Å². The van der Waals surface area contributed by atoms with Crippen LogP contribution in [-0.4, -0.2) is 12.1 Å². The average molecular weight is 589 g/mol. The summed E-state index contributed by atoms with van der Waals surface area (Å²) in [6, 6.07) is 29.9. The van der Waals surface area contributed by atoms with E-state index in [1.54, 1.807) is 25.5 Å². The van der Waals surface area contributed by atoms with Gasteiger partial charge in [-0.3, -0.25) is 0 Å². The van der Waals surface area contributed by atoms with Crippen molar-refractivity contribution in [3.63, 3.8) is 0 Å². The summed E-state index contributed by atoms with van der Waals surface area (Å²) in [7, 11) is 0. The van der Waals surface area contributed by atoms with Gasteiger partial charge in [0.25, 0.3) is 0 Å². The van der Waals surface area contributed by atoms with Gasteiger partial charge in [-0.2, -0.15) is 0 Å². The number of hydrogen-bond acceptors (Lipinski definition) is 0. The molecule has 2 atom stereocenters. The van der Waals surface area contributed by atoms with Gasteiger partial charge in [-0.05, 0) is 0 Å². The Morgan fingerprint density at radius 3 is 1.45 bits per heavy atom. The molecule has 0 amide bonds. The first-order valence-corrected chi connectivity index (χ1v) is 27.6. The molecule has 160 valence electrons. The van der Waals surface area contributed by atoms with Gasteiger partial charge in [0.2, 0.25) is 0 Å². The van der Waals surface area contributed by atoms with Crippen LogP contribution in [0.25, 0.3) is 12.2 Å². The van der Waals surface area contributed by atoms with Gasteiger partial charge < -0.3 is 0 Å². The third-order valence-corrected chi connectivity index (χ3v) is 39.3. The Bertz CT molecular complexity index is 1190. The molecule has 0 aromatic heterocycles. The molecule has 0 heterocycles. The van der Waals surface area contributed by atoms with Crippen molar-refractivity contribution in [3.8, 4) is 0 Å². The predicted molar refractivity (Wildman–Crippen MR) is 141 cm³/mol. The van der Waals surface area contributed by atoms with Crippen molar-refractivity contribution in [1.82, 2.24) is 0 Å². The molecule has 2 aliphatic carbocycles. The number of allylic oxidation sites excluding steroid dienone is 2. The standard InChI is InChI=1S/2C10H9.C6H5.CH3.2ClH.GeH2.Zr/c2*1-8-6-9-4-2-3-5-10(9)7-8;1-2-4-6-5-3-1;;;;;/h2*2-7H,1H3;1-5H;1H3;2*1H;1H2;. The molecule has 5 rings (SSSR count). The Labute approximate surface area is 204 Å². The first kappa shape index (κ1) is 24.8. The van der Waals surface area contributed by atoms with E-state index in [4.69, 9.17) is 0 Å². The van der Waals surface area contributed by atoms with Gasteiger partial charge in [-0.25, -0.2) is 0 Å². The second kappa shape index (κ2) is 8.83. The van der Waals surface area contributed by atoms with Crippen molar-refractivity contribution in [2.45, 2.75) is 25.7 Å². The molecule has 0 N–H and O–H groups in total. The van der Waals surface area contributed by atoms with Crippen molar-refractivity contribution in [3.05, 3.63) is 112 Å². The van der Waals surface area contributed by atoms with Crippen LogP contribution in [0.3, 0.4) is 0 Å². The first-order chi connectivity index (χ1) is 13.9. The third kappa shape index (κ3) is 3.61. The van der Waals surface area contributed by atoms with Gasteiger partial charge in [0.15, 0.2) is 0 Å². The molecule has 0 nitrogen and oxygen atoms in total. The normalized spacial score (nSPS) is 19.4. The molecule has 2 aliphatic rings. The fraction of sp³-hybridized carbons (Fsp3) is 0.185. The van der Waals surface area contributed by atoms with Gasteiger partial charge in [0.1, 0.15) is 0 Å². The molecule has 0 saturated heterocycles. The molecule has 0 radical (unpaired) electrons. The van der Waals surface area contributed by atoms with E-state index >= 15 is 0 Å². The molecule has 3 aromatic carbocycles. The van der Waals surface area contributed by atoms with E-state index in [9.17, 15) is 0 Å². The van der Waals surface area contributed by atoms with Crippen LogP contribution >= 0.6 is 24.8 Å². The minimum atomic E-state index is -3.62. The molecular weight excluding hydrogens is 559 g/mol. The molecule has 0 saturated carbocycles. The molecule has 3 aromatic rings. The van der Waals surface area contributed by atoms with Gasteiger partial charge in [0, 0.05) is 0 Å². The molecular formula is C27H30Cl2GeZr. The SMILES string of the molecule is CC1=Cc2ccccc2[CH]1[Zr]([CH3])(=[GeH2])([c]1ccccc1)[CH]1C(C)=Cc2ccccc21.Cl.Cl. The van der Waals surface area contributed by atoms with Crippen molar-refractivity contribution < 1.29 is 15.7 Å². The number of halogens is 2. The maximum Gasteiger partial charge on any atom is -0.147 e. The second-order valence-corrected chi connectivity index (χ2v) is 48.0. The van der Waals surface area contributed by atoms with Crippen LogP contribution in [0.2, 0.25) is 4.63 Å². The Morgan fingerprint density at radius 2 is 1.00 bits per heavy atom. The Hall–Kier alpha value is -0.854. The zero-order chi connectivity index (χ0) is 20.2. The van der Waals surface area contributed by atoms with E-state index in [-0.39, 0.29) is 24.8 Å². The number of benzene rings is 3. The summed E-state index contributed by atoms with van der Waals surface area (Å²) in [6.45, 7) is 4.78. The molecule has 2 unspecified atom stereocenters. The number of rotatable bonds is 3. The summed E-state index contributed by atoms with van der Waals surface area (Å²) in [5.41, 5.74) is 9.18. The fourth-order valence-corrected chi connectivity index (χ4v) is 40.4. The molecule has 31 heavy (non-hydrogen) atoms. The van der Waals surface area contributed by atoms with Gasteiger partial charge >= 0.3 is 181 Å². The predicted octanol–water partition coefficient (Wildman–Crippen LogP) is 6.76. The molecule has 0 aliphatic heterocycles. The van der Waals surface area contributed by atoms with E-state index in [0.717, 1.165) is 0 Å². The van der Waals surface area contributed by atoms with Crippen LogP contribution in [0.4, 0.5) is 0 Å². The Kier molecular flexibility index (Phi) is 7.06. The number of fused-ring (bicyclic) bond motifs is 2. The van der Waals surface area contributed by atoms with Crippen LogP contribution in [-0.2, 0) is 15.7 Å². The monoisotopic (exact) mass is 588 g/mol. The summed E-state index contributed by atoms with van der Waals surface area (Å²) < 4.78 is 5.59. The van der Waals surface area contributed by atoms with Crippen LogP contribution < -0.4 is 3.27 Å². The first-order valence-electron chi connectivity index (χ1n) is 10.6. The van der Waals surface area contributed by atoms with Crippen LogP contribution in [0.1, 0.15) is 43.4 Å².